The molecule has 2 rings (SSSR count). The van der Waals surface area contributed by atoms with Crippen molar-refractivity contribution in [3.8, 4) is 0 Å². The van der Waals surface area contributed by atoms with Crippen LogP contribution in [0.4, 0.5) is 0 Å². The quantitative estimate of drug-likeness (QED) is 0.824. The Hall–Kier alpha value is -0.280. The number of nitrogens with one attached hydrogen (secondary N) is 1. The first-order valence-corrected chi connectivity index (χ1v) is 6.23. The standard InChI is InChI=1S/C12H22N2O.ClH/c1-9(2)14(11-3-4-11)12(15)10-5-7-13-8-6-10;/h9-11,13H,3-8H2,1-2H3;1H. The van der Waals surface area contributed by atoms with E-state index in [1.165, 1.54) is 12.8 Å². The molecular formula is C12H23ClN2O. The molecule has 94 valence electrons. The van der Waals surface area contributed by atoms with E-state index in [1.54, 1.807) is 0 Å². The Bertz CT molecular complexity index is 233. The predicted molar refractivity (Wildman–Crippen MR) is 67.8 cm³/mol. The number of amides is 1. The van der Waals surface area contributed by atoms with Crippen LogP contribution in [0.2, 0.25) is 0 Å². The number of nitrogens with zero attached hydrogens (tertiary/aromatic N) is 1. The molecule has 1 saturated carbocycles. The molecule has 0 aromatic carbocycles. The second-order valence-electron chi connectivity index (χ2n) is 5.09. The maximum atomic E-state index is 12.3. The molecule has 3 nitrogen and oxygen atoms in total. The fourth-order valence-electron chi connectivity index (χ4n) is 2.49. The van der Waals surface area contributed by atoms with Crippen molar-refractivity contribution in [1.29, 1.82) is 0 Å². The molecule has 1 heterocycles. The fourth-order valence-corrected chi connectivity index (χ4v) is 2.49. The number of rotatable bonds is 3. The summed E-state index contributed by atoms with van der Waals surface area (Å²) in [4.78, 5) is 14.5. The monoisotopic (exact) mass is 246 g/mol. The molecule has 1 aliphatic heterocycles. The molecule has 16 heavy (non-hydrogen) atoms. The predicted octanol–water partition coefficient (Wildman–Crippen LogP) is 1.81. The van der Waals surface area contributed by atoms with Crippen molar-refractivity contribution >= 4 is 18.3 Å². The van der Waals surface area contributed by atoms with Crippen molar-refractivity contribution in [2.45, 2.75) is 51.6 Å². The van der Waals surface area contributed by atoms with E-state index in [0.29, 0.717) is 18.0 Å². The first-order valence-electron chi connectivity index (χ1n) is 6.23. The van der Waals surface area contributed by atoms with Crippen LogP contribution >= 0.6 is 12.4 Å². The number of carbonyl (C=O) groups excluding carboxylic acids is 1. The van der Waals surface area contributed by atoms with Gasteiger partial charge >= 0.3 is 0 Å². The molecule has 0 aromatic heterocycles. The Morgan fingerprint density at radius 1 is 1.19 bits per heavy atom. The summed E-state index contributed by atoms with van der Waals surface area (Å²) in [6, 6.07) is 0.937. The van der Waals surface area contributed by atoms with E-state index in [2.05, 4.69) is 24.1 Å². The summed E-state index contributed by atoms with van der Waals surface area (Å²) in [5.41, 5.74) is 0. The lowest BCUT2D eigenvalue weighted by Gasteiger charge is -2.32. The summed E-state index contributed by atoms with van der Waals surface area (Å²) >= 11 is 0. The van der Waals surface area contributed by atoms with E-state index in [9.17, 15) is 4.79 Å². The topological polar surface area (TPSA) is 32.3 Å². The Kier molecular flexibility index (Phi) is 5.06. The van der Waals surface area contributed by atoms with Crippen LogP contribution in [0.1, 0.15) is 39.5 Å². The van der Waals surface area contributed by atoms with Gasteiger partial charge in [-0.1, -0.05) is 0 Å². The largest absolute Gasteiger partial charge is 0.337 e. The van der Waals surface area contributed by atoms with Crippen LogP contribution in [-0.4, -0.2) is 36.0 Å². The van der Waals surface area contributed by atoms with Crippen LogP contribution in [-0.2, 0) is 4.79 Å². The van der Waals surface area contributed by atoms with E-state index in [1.807, 2.05) is 0 Å². The molecule has 2 fully saturated rings. The van der Waals surface area contributed by atoms with E-state index in [-0.39, 0.29) is 18.3 Å². The number of piperidine rings is 1. The highest BCUT2D eigenvalue weighted by Crippen LogP contribution is 2.31. The molecule has 4 heteroatoms. The average Bonchev–Trinajstić information content (AvgIpc) is 3.03. The Balaban J connectivity index is 0.00000128. The van der Waals surface area contributed by atoms with Gasteiger partial charge in [-0.25, -0.2) is 0 Å². The average molecular weight is 247 g/mol. The molecule has 0 unspecified atom stereocenters. The van der Waals surface area contributed by atoms with E-state index < -0.39 is 0 Å². The Morgan fingerprint density at radius 3 is 2.19 bits per heavy atom. The van der Waals surface area contributed by atoms with E-state index in [4.69, 9.17) is 0 Å². The van der Waals surface area contributed by atoms with Gasteiger partial charge in [0.1, 0.15) is 0 Å². The zero-order valence-corrected chi connectivity index (χ0v) is 11.1. The third-order valence-electron chi connectivity index (χ3n) is 3.44. The van der Waals surface area contributed by atoms with Crippen LogP contribution < -0.4 is 5.32 Å². The summed E-state index contributed by atoms with van der Waals surface area (Å²) in [5, 5.41) is 3.31. The highest BCUT2D eigenvalue weighted by Gasteiger charge is 2.37. The molecule has 1 N–H and O–H groups in total. The van der Waals surface area contributed by atoms with Crippen LogP contribution in [0.15, 0.2) is 0 Å². The van der Waals surface area contributed by atoms with Gasteiger partial charge in [-0.2, -0.15) is 0 Å². The summed E-state index contributed by atoms with van der Waals surface area (Å²) < 4.78 is 0. The summed E-state index contributed by atoms with van der Waals surface area (Å²) in [6.07, 6.45) is 4.48. The normalized spacial score (nSPS) is 21.7. The van der Waals surface area contributed by atoms with E-state index >= 15 is 0 Å². The van der Waals surface area contributed by atoms with Crippen LogP contribution in [0.3, 0.4) is 0 Å². The minimum Gasteiger partial charge on any atom is -0.337 e. The minimum atomic E-state index is 0. The SMILES string of the molecule is CC(C)N(C(=O)C1CCNCC1)C1CC1.Cl. The van der Waals surface area contributed by atoms with Gasteiger partial charge in [-0.15, -0.1) is 12.4 Å². The van der Waals surface area contributed by atoms with Crippen LogP contribution in [0, 0.1) is 5.92 Å². The molecule has 0 radical (unpaired) electrons. The molecular weight excluding hydrogens is 224 g/mol. The molecule has 1 aliphatic carbocycles. The van der Waals surface area contributed by atoms with Gasteiger partial charge in [0.15, 0.2) is 0 Å². The van der Waals surface area contributed by atoms with Gasteiger partial charge in [0.25, 0.3) is 0 Å². The van der Waals surface area contributed by atoms with Crippen LogP contribution in [0.25, 0.3) is 0 Å². The number of halogens is 1. The molecule has 0 atom stereocenters. The third-order valence-corrected chi connectivity index (χ3v) is 3.44. The van der Waals surface area contributed by atoms with Gasteiger partial charge in [0.2, 0.25) is 5.91 Å². The van der Waals surface area contributed by atoms with Crippen molar-refractivity contribution in [1.82, 2.24) is 10.2 Å². The zero-order valence-electron chi connectivity index (χ0n) is 10.2. The summed E-state index contributed by atoms with van der Waals surface area (Å²) in [5.74, 6) is 0.697. The molecule has 0 spiro atoms. The lowest BCUT2D eigenvalue weighted by atomic mass is 9.96. The fraction of sp³-hybridized carbons (Fsp3) is 0.917. The Morgan fingerprint density at radius 2 is 1.75 bits per heavy atom. The minimum absolute atomic E-state index is 0. The van der Waals surface area contributed by atoms with Crippen molar-refractivity contribution in [3.05, 3.63) is 0 Å². The van der Waals surface area contributed by atoms with E-state index in [0.717, 1.165) is 25.9 Å². The summed E-state index contributed by atoms with van der Waals surface area (Å²) in [7, 11) is 0. The second-order valence-corrected chi connectivity index (χ2v) is 5.09. The van der Waals surface area contributed by atoms with Crippen LogP contribution in [0.5, 0.6) is 0 Å². The van der Waals surface area contributed by atoms with Crippen molar-refractivity contribution in [2.24, 2.45) is 5.92 Å². The Labute approximate surface area is 104 Å². The van der Waals surface area contributed by atoms with Crippen molar-refractivity contribution < 1.29 is 4.79 Å². The maximum Gasteiger partial charge on any atom is 0.226 e. The zero-order chi connectivity index (χ0) is 10.8. The van der Waals surface area contributed by atoms with Gasteiger partial charge in [0.05, 0.1) is 0 Å². The maximum absolute atomic E-state index is 12.3. The summed E-state index contributed by atoms with van der Waals surface area (Å²) in [6.45, 7) is 6.29. The molecule has 0 aromatic rings. The lowest BCUT2D eigenvalue weighted by Crippen LogP contribution is -2.45. The van der Waals surface area contributed by atoms with Crippen molar-refractivity contribution in [2.75, 3.05) is 13.1 Å². The number of hydrogen-bond donors (Lipinski definition) is 1. The highest BCUT2D eigenvalue weighted by molar-refractivity contribution is 5.85. The van der Waals surface area contributed by atoms with Gasteiger partial charge in [-0.3, -0.25) is 4.79 Å². The number of carbonyl (C=O) groups is 1. The third kappa shape index (κ3) is 3.11. The van der Waals surface area contributed by atoms with Gasteiger partial charge in [0, 0.05) is 18.0 Å². The smallest absolute Gasteiger partial charge is 0.226 e. The van der Waals surface area contributed by atoms with Crippen molar-refractivity contribution in [3.63, 3.8) is 0 Å². The van der Waals surface area contributed by atoms with Gasteiger partial charge in [-0.05, 0) is 52.6 Å². The lowest BCUT2D eigenvalue weighted by molar-refractivity contribution is -0.138. The molecule has 0 bridgehead atoms. The molecule has 1 saturated heterocycles. The second kappa shape index (κ2) is 5.87. The first kappa shape index (κ1) is 13.8. The molecule has 1 amide bonds. The first-order chi connectivity index (χ1) is 7.20. The highest BCUT2D eigenvalue weighted by atomic mass is 35.5. The van der Waals surface area contributed by atoms with Gasteiger partial charge < -0.3 is 10.2 Å². The molecule has 2 aliphatic rings. The number of hydrogen-bond acceptors (Lipinski definition) is 2.